The Hall–Kier alpha value is -2.63. The molecular formula is C15H16N2O4. The molecule has 0 spiro atoms. The first-order chi connectivity index (χ1) is 9.76. The maximum absolute atomic E-state index is 11.7. The Morgan fingerprint density at radius 1 is 1.29 bits per heavy atom. The van der Waals surface area contributed by atoms with Crippen molar-refractivity contribution in [3.8, 4) is 0 Å². The number of aromatic nitrogens is 1. The minimum Gasteiger partial charge on any atom is -0.478 e. The van der Waals surface area contributed by atoms with Crippen molar-refractivity contribution in [1.29, 1.82) is 0 Å². The van der Waals surface area contributed by atoms with E-state index < -0.39 is 17.7 Å². The molecule has 2 rings (SSSR count). The first-order valence-corrected chi connectivity index (χ1v) is 6.37. The largest absolute Gasteiger partial charge is 0.478 e. The zero-order valence-electron chi connectivity index (χ0n) is 12.0. The minimum absolute atomic E-state index is 0.0981. The van der Waals surface area contributed by atoms with Crippen LogP contribution in [-0.2, 0) is 4.74 Å². The number of nitrogens with zero attached hydrogens (tertiary/aromatic N) is 1. The van der Waals surface area contributed by atoms with Crippen molar-refractivity contribution < 1.29 is 19.4 Å². The average molecular weight is 288 g/mol. The lowest BCUT2D eigenvalue weighted by Crippen LogP contribution is -2.27. The molecule has 0 unspecified atom stereocenters. The number of hydrogen-bond donors (Lipinski definition) is 2. The van der Waals surface area contributed by atoms with Gasteiger partial charge in [-0.25, -0.2) is 9.59 Å². The molecule has 0 saturated carbocycles. The SMILES string of the molecule is CC(C)(C)OC(=O)Nc1cc(C(=O)O)c2ccncc2c1. The molecule has 0 aliphatic rings. The zero-order chi connectivity index (χ0) is 15.6. The fraction of sp³-hybridized carbons (Fsp3) is 0.267. The topological polar surface area (TPSA) is 88.5 Å². The molecule has 6 heteroatoms. The Morgan fingerprint density at radius 2 is 2.00 bits per heavy atom. The third kappa shape index (κ3) is 3.68. The number of carbonyl (C=O) groups is 2. The number of carboxylic acids is 1. The highest BCUT2D eigenvalue weighted by Crippen LogP contribution is 2.24. The van der Waals surface area contributed by atoms with Gasteiger partial charge in [0.15, 0.2) is 0 Å². The van der Waals surface area contributed by atoms with Crippen LogP contribution in [0.4, 0.5) is 10.5 Å². The van der Waals surface area contributed by atoms with Crippen molar-refractivity contribution in [3.63, 3.8) is 0 Å². The molecule has 110 valence electrons. The van der Waals surface area contributed by atoms with E-state index in [1.165, 1.54) is 12.3 Å². The molecule has 6 nitrogen and oxygen atoms in total. The highest BCUT2D eigenvalue weighted by molar-refractivity contribution is 6.06. The normalized spacial score (nSPS) is 11.2. The van der Waals surface area contributed by atoms with E-state index in [1.807, 2.05) is 0 Å². The van der Waals surface area contributed by atoms with Crippen LogP contribution in [0.5, 0.6) is 0 Å². The Morgan fingerprint density at radius 3 is 2.62 bits per heavy atom. The number of nitrogens with one attached hydrogen (secondary N) is 1. The maximum Gasteiger partial charge on any atom is 0.412 e. The fourth-order valence-corrected chi connectivity index (χ4v) is 1.88. The number of anilines is 1. The van der Waals surface area contributed by atoms with Gasteiger partial charge in [-0.15, -0.1) is 0 Å². The second kappa shape index (κ2) is 5.40. The summed E-state index contributed by atoms with van der Waals surface area (Å²) in [6, 6.07) is 4.67. The van der Waals surface area contributed by atoms with E-state index >= 15 is 0 Å². The second-order valence-electron chi connectivity index (χ2n) is 5.55. The second-order valence-corrected chi connectivity index (χ2v) is 5.55. The van der Waals surface area contributed by atoms with Gasteiger partial charge in [-0.3, -0.25) is 10.3 Å². The number of aromatic carboxylic acids is 1. The molecule has 1 heterocycles. The van der Waals surface area contributed by atoms with Crippen LogP contribution in [-0.4, -0.2) is 27.8 Å². The van der Waals surface area contributed by atoms with Gasteiger partial charge in [-0.05, 0) is 44.4 Å². The average Bonchev–Trinajstić information content (AvgIpc) is 2.35. The molecular weight excluding hydrogens is 272 g/mol. The Balaban J connectivity index is 2.37. The molecule has 1 amide bonds. The molecule has 0 atom stereocenters. The van der Waals surface area contributed by atoms with Gasteiger partial charge in [0.1, 0.15) is 5.60 Å². The predicted molar refractivity (Wildman–Crippen MR) is 78.6 cm³/mol. The van der Waals surface area contributed by atoms with E-state index in [2.05, 4.69) is 10.3 Å². The van der Waals surface area contributed by atoms with Crippen molar-refractivity contribution in [2.24, 2.45) is 0 Å². The number of benzene rings is 1. The summed E-state index contributed by atoms with van der Waals surface area (Å²) < 4.78 is 5.14. The molecule has 0 radical (unpaired) electrons. The lowest BCUT2D eigenvalue weighted by atomic mass is 10.1. The maximum atomic E-state index is 11.7. The van der Waals surface area contributed by atoms with E-state index in [1.54, 1.807) is 39.1 Å². The number of ether oxygens (including phenoxy) is 1. The summed E-state index contributed by atoms with van der Waals surface area (Å²) in [5.74, 6) is -1.07. The van der Waals surface area contributed by atoms with Crippen LogP contribution in [0.2, 0.25) is 0 Å². The molecule has 21 heavy (non-hydrogen) atoms. The van der Waals surface area contributed by atoms with E-state index in [9.17, 15) is 14.7 Å². The van der Waals surface area contributed by atoms with Gasteiger partial charge in [-0.1, -0.05) is 0 Å². The highest BCUT2D eigenvalue weighted by atomic mass is 16.6. The van der Waals surface area contributed by atoms with Crippen LogP contribution >= 0.6 is 0 Å². The van der Waals surface area contributed by atoms with Gasteiger partial charge in [0.05, 0.1) is 5.56 Å². The third-order valence-corrected chi connectivity index (χ3v) is 2.63. The summed E-state index contributed by atoms with van der Waals surface area (Å²) in [4.78, 5) is 27.0. The lowest BCUT2D eigenvalue weighted by molar-refractivity contribution is 0.0633. The van der Waals surface area contributed by atoms with E-state index in [4.69, 9.17) is 4.74 Å². The molecule has 0 aliphatic carbocycles. The summed E-state index contributed by atoms with van der Waals surface area (Å²) in [5.41, 5.74) is -0.180. The summed E-state index contributed by atoms with van der Waals surface area (Å²) in [5, 5.41) is 13.0. The number of hydrogen-bond acceptors (Lipinski definition) is 4. The van der Waals surface area contributed by atoms with Crippen LogP contribution in [0, 0.1) is 0 Å². The van der Waals surface area contributed by atoms with Crippen LogP contribution in [0.3, 0.4) is 0 Å². The Labute approximate surface area is 121 Å². The molecule has 2 aromatic rings. The molecule has 0 bridgehead atoms. The Bertz CT molecular complexity index is 704. The molecule has 2 N–H and O–H groups in total. The van der Waals surface area contributed by atoms with Crippen LogP contribution in [0.15, 0.2) is 30.6 Å². The van der Waals surface area contributed by atoms with Gasteiger partial charge in [0.25, 0.3) is 0 Å². The molecule has 0 aliphatic heterocycles. The van der Waals surface area contributed by atoms with Crippen molar-refractivity contribution in [1.82, 2.24) is 4.98 Å². The molecule has 1 aromatic carbocycles. The molecule has 1 aromatic heterocycles. The van der Waals surface area contributed by atoms with Crippen LogP contribution < -0.4 is 5.32 Å². The fourth-order valence-electron chi connectivity index (χ4n) is 1.88. The van der Waals surface area contributed by atoms with Gasteiger partial charge in [0, 0.05) is 23.5 Å². The van der Waals surface area contributed by atoms with Crippen molar-refractivity contribution in [2.45, 2.75) is 26.4 Å². The van der Waals surface area contributed by atoms with Gasteiger partial charge in [-0.2, -0.15) is 0 Å². The third-order valence-electron chi connectivity index (χ3n) is 2.63. The quantitative estimate of drug-likeness (QED) is 0.885. The Kier molecular flexibility index (Phi) is 3.80. The number of carbonyl (C=O) groups excluding carboxylic acids is 1. The number of fused-ring (bicyclic) bond motifs is 1. The zero-order valence-corrected chi connectivity index (χ0v) is 12.0. The van der Waals surface area contributed by atoms with Crippen molar-refractivity contribution in [3.05, 3.63) is 36.2 Å². The number of carboxylic acid groups (broad SMARTS) is 1. The summed E-state index contributed by atoms with van der Waals surface area (Å²) in [6.45, 7) is 5.25. The van der Waals surface area contributed by atoms with Gasteiger partial charge < -0.3 is 9.84 Å². The predicted octanol–water partition coefficient (Wildman–Crippen LogP) is 3.28. The smallest absolute Gasteiger partial charge is 0.412 e. The summed E-state index contributed by atoms with van der Waals surface area (Å²) in [6.07, 6.45) is 2.43. The minimum atomic E-state index is -1.07. The molecule has 0 saturated heterocycles. The van der Waals surface area contributed by atoms with Crippen molar-refractivity contribution in [2.75, 3.05) is 5.32 Å². The number of rotatable bonds is 2. The first kappa shape index (κ1) is 14.8. The summed E-state index contributed by atoms with van der Waals surface area (Å²) >= 11 is 0. The summed E-state index contributed by atoms with van der Waals surface area (Å²) in [7, 11) is 0. The van der Waals surface area contributed by atoms with E-state index in [0.29, 0.717) is 16.5 Å². The van der Waals surface area contributed by atoms with Crippen LogP contribution in [0.1, 0.15) is 31.1 Å². The lowest BCUT2D eigenvalue weighted by Gasteiger charge is -2.20. The van der Waals surface area contributed by atoms with Crippen LogP contribution in [0.25, 0.3) is 10.8 Å². The van der Waals surface area contributed by atoms with Crippen molar-refractivity contribution >= 4 is 28.5 Å². The highest BCUT2D eigenvalue weighted by Gasteiger charge is 2.17. The number of amides is 1. The number of pyridine rings is 1. The molecule has 0 fully saturated rings. The standard InChI is InChI=1S/C15H16N2O4/c1-15(2,3)21-14(20)17-10-6-9-8-16-5-4-11(9)12(7-10)13(18)19/h4-8H,1-3H3,(H,17,20)(H,18,19). The van der Waals surface area contributed by atoms with Gasteiger partial charge >= 0.3 is 12.1 Å². The first-order valence-electron chi connectivity index (χ1n) is 6.37. The van der Waals surface area contributed by atoms with E-state index in [0.717, 1.165) is 0 Å². The van der Waals surface area contributed by atoms with E-state index in [-0.39, 0.29) is 5.56 Å². The van der Waals surface area contributed by atoms with Gasteiger partial charge in [0.2, 0.25) is 0 Å². The monoisotopic (exact) mass is 288 g/mol.